The summed E-state index contributed by atoms with van der Waals surface area (Å²) in [6.07, 6.45) is 4.72. The van der Waals surface area contributed by atoms with Crippen LogP contribution >= 0.6 is 0 Å². The van der Waals surface area contributed by atoms with Gasteiger partial charge in [-0.1, -0.05) is 61.9 Å². The molecule has 0 amide bonds. The van der Waals surface area contributed by atoms with Crippen LogP contribution in [-0.2, 0) is 19.3 Å². The molecule has 1 aliphatic carbocycles. The summed E-state index contributed by atoms with van der Waals surface area (Å²) >= 11 is 0. The second kappa shape index (κ2) is 6.44. The Balaban J connectivity index is 1.61. The van der Waals surface area contributed by atoms with Crippen LogP contribution < -0.4 is 5.32 Å². The first kappa shape index (κ1) is 14.3. The molecule has 0 saturated heterocycles. The maximum absolute atomic E-state index is 3.79. The van der Waals surface area contributed by atoms with Crippen LogP contribution in [0.25, 0.3) is 0 Å². The van der Waals surface area contributed by atoms with E-state index in [9.17, 15) is 0 Å². The molecule has 1 heteroatoms. The molecule has 0 heterocycles. The molecule has 1 aliphatic rings. The Kier molecular flexibility index (Phi) is 4.40. The van der Waals surface area contributed by atoms with Crippen LogP contribution in [0.1, 0.15) is 48.6 Å². The third-order valence-corrected chi connectivity index (χ3v) is 4.56. The quantitative estimate of drug-likeness (QED) is 0.852. The SMILES string of the molecule is CCCc1ccc(C(C)NC2Cc3ccccc3C2)cc1. The lowest BCUT2D eigenvalue weighted by atomic mass is 10.0. The fourth-order valence-electron chi connectivity index (χ4n) is 3.39. The zero-order valence-electron chi connectivity index (χ0n) is 13.1. The van der Waals surface area contributed by atoms with E-state index in [1.807, 2.05) is 0 Å². The van der Waals surface area contributed by atoms with E-state index in [2.05, 4.69) is 67.7 Å². The van der Waals surface area contributed by atoms with Crippen molar-refractivity contribution < 1.29 is 0 Å². The molecule has 0 aliphatic heterocycles. The molecule has 0 aromatic heterocycles. The Morgan fingerprint density at radius 1 is 1.00 bits per heavy atom. The fraction of sp³-hybridized carbons (Fsp3) is 0.400. The number of hydrogen-bond acceptors (Lipinski definition) is 1. The molecule has 3 rings (SSSR count). The Morgan fingerprint density at radius 2 is 1.62 bits per heavy atom. The summed E-state index contributed by atoms with van der Waals surface area (Å²) in [7, 11) is 0. The van der Waals surface area contributed by atoms with Crippen LogP contribution in [-0.4, -0.2) is 6.04 Å². The summed E-state index contributed by atoms with van der Waals surface area (Å²) in [6, 6.07) is 18.9. The van der Waals surface area contributed by atoms with Crippen molar-refractivity contribution in [3.63, 3.8) is 0 Å². The molecule has 0 spiro atoms. The number of benzene rings is 2. The Hall–Kier alpha value is -1.60. The largest absolute Gasteiger partial charge is 0.307 e. The molecule has 0 radical (unpaired) electrons. The molecule has 0 saturated carbocycles. The minimum absolute atomic E-state index is 0.417. The van der Waals surface area contributed by atoms with E-state index in [-0.39, 0.29) is 0 Å². The van der Waals surface area contributed by atoms with Gasteiger partial charge in [0.05, 0.1) is 0 Å². The highest BCUT2D eigenvalue weighted by atomic mass is 14.9. The molecular weight excluding hydrogens is 254 g/mol. The van der Waals surface area contributed by atoms with Crippen molar-refractivity contribution >= 4 is 0 Å². The molecule has 0 fully saturated rings. The summed E-state index contributed by atoms with van der Waals surface area (Å²) in [5, 5.41) is 3.79. The zero-order valence-corrected chi connectivity index (χ0v) is 13.1. The molecule has 0 bridgehead atoms. The van der Waals surface area contributed by atoms with Crippen LogP contribution in [0.3, 0.4) is 0 Å². The van der Waals surface area contributed by atoms with Crippen molar-refractivity contribution in [2.24, 2.45) is 0 Å². The maximum Gasteiger partial charge on any atom is 0.0294 e. The van der Waals surface area contributed by atoms with Gasteiger partial charge in [-0.3, -0.25) is 0 Å². The normalized spacial score (nSPS) is 15.9. The van der Waals surface area contributed by atoms with E-state index in [1.165, 1.54) is 35.1 Å². The number of hydrogen-bond donors (Lipinski definition) is 1. The maximum atomic E-state index is 3.79. The monoisotopic (exact) mass is 279 g/mol. The van der Waals surface area contributed by atoms with Crippen molar-refractivity contribution in [1.29, 1.82) is 0 Å². The predicted molar refractivity (Wildman–Crippen MR) is 89.6 cm³/mol. The minimum Gasteiger partial charge on any atom is -0.307 e. The molecular formula is C20H25N. The van der Waals surface area contributed by atoms with E-state index in [0.717, 1.165) is 12.8 Å². The summed E-state index contributed by atoms with van der Waals surface area (Å²) in [6.45, 7) is 4.51. The van der Waals surface area contributed by atoms with Gasteiger partial charge in [-0.25, -0.2) is 0 Å². The van der Waals surface area contributed by atoms with Crippen molar-refractivity contribution in [3.8, 4) is 0 Å². The third-order valence-electron chi connectivity index (χ3n) is 4.56. The van der Waals surface area contributed by atoms with E-state index in [4.69, 9.17) is 0 Å². The lowest BCUT2D eigenvalue weighted by Crippen LogP contribution is -2.32. The third kappa shape index (κ3) is 3.36. The van der Waals surface area contributed by atoms with Gasteiger partial charge < -0.3 is 5.32 Å². The lowest BCUT2D eigenvalue weighted by Gasteiger charge is -2.20. The van der Waals surface area contributed by atoms with E-state index < -0.39 is 0 Å². The molecule has 1 atom stereocenters. The van der Waals surface area contributed by atoms with Gasteiger partial charge in [0.25, 0.3) is 0 Å². The summed E-state index contributed by atoms with van der Waals surface area (Å²) < 4.78 is 0. The standard InChI is InChI=1S/C20H25N/c1-3-6-16-9-11-17(12-10-16)15(2)21-20-13-18-7-4-5-8-19(18)14-20/h4-5,7-12,15,20-21H,3,6,13-14H2,1-2H3. The molecule has 2 aromatic carbocycles. The van der Waals surface area contributed by atoms with Gasteiger partial charge in [-0.2, -0.15) is 0 Å². The number of rotatable bonds is 5. The topological polar surface area (TPSA) is 12.0 Å². The van der Waals surface area contributed by atoms with Gasteiger partial charge in [-0.15, -0.1) is 0 Å². The summed E-state index contributed by atoms with van der Waals surface area (Å²) in [4.78, 5) is 0. The van der Waals surface area contributed by atoms with Crippen LogP contribution in [0, 0.1) is 0 Å². The van der Waals surface area contributed by atoms with Gasteiger partial charge in [0, 0.05) is 12.1 Å². The van der Waals surface area contributed by atoms with Gasteiger partial charge in [-0.05, 0) is 48.4 Å². The van der Waals surface area contributed by atoms with Crippen molar-refractivity contribution in [1.82, 2.24) is 5.32 Å². The Labute approximate surface area is 128 Å². The number of aryl methyl sites for hydroxylation is 1. The molecule has 110 valence electrons. The van der Waals surface area contributed by atoms with E-state index >= 15 is 0 Å². The van der Waals surface area contributed by atoms with Crippen molar-refractivity contribution in [2.45, 2.75) is 51.6 Å². The smallest absolute Gasteiger partial charge is 0.0294 e. The van der Waals surface area contributed by atoms with Crippen LogP contribution in [0.5, 0.6) is 0 Å². The minimum atomic E-state index is 0.417. The second-order valence-corrected chi connectivity index (χ2v) is 6.25. The molecule has 21 heavy (non-hydrogen) atoms. The average Bonchev–Trinajstić information content (AvgIpc) is 2.90. The first-order chi connectivity index (χ1) is 10.3. The Morgan fingerprint density at radius 3 is 2.19 bits per heavy atom. The fourth-order valence-corrected chi connectivity index (χ4v) is 3.39. The highest BCUT2D eigenvalue weighted by Crippen LogP contribution is 2.24. The summed E-state index contributed by atoms with van der Waals surface area (Å²) in [5.41, 5.74) is 5.87. The van der Waals surface area contributed by atoms with E-state index in [0.29, 0.717) is 12.1 Å². The number of nitrogens with one attached hydrogen (secondary N) is 1. The van der Waals surface area contributed by atoms with Crippen LogP contribution in [0.15, 0.2) is 48.5 Å². The van der Waals surface area contributed by atoms with Crippen LogP contribution in [0.2, 0.25) is 0 Å². The van der Waals surface area contributed by atoms with Crippen LogP contribution in [0.4, 0.5) is 0 Å². The van der Waals surface area contributed by atoms with Gasteiger partial charge in [0.2, 0.25) is 0 Å². The molecule has 1 N–H and O–H groups in total. The highest BCUT2D eigenvalue weighted by Gasteiger charge is 2.22. The van der Waals surface area contributed by atoms with Crippen molar-refractivity contribution in [2.75, 3.05) is 0 Å². The lowest BCUT2D eigenvalue weighted by molar-refractivity contribution is 0.467. The van der Waals surface area contributed by atoms with Gasteiger partial charge in [0.15, 0.2) is 0 Å². The van der Waals surface area contributed by atoms with E-state index in [1.54, 1.807) is 0 Å². The molecule has 1 unspecified atom stereocenters. The predicted octanol–water partition coefficient (Wildman–Crippen LogP) is 4.46. The second-order valence-electron chi connectivity index (χ2n) is 6.25. The summed E-state index contributed by atoms with van der Waals surface area (Å²) in [5.74, 6) is 0. The van der Waals surface area contributed by atoms with Gasteiger partial charge >= 0.3 is 0 Å². The number of fused-ring (bicyclic) bond motifs is 1. The van der Waals surface area contributed by atoms with Gasteiger partial charge in [0.1, 0.15) is 0 Å². The average molecular weight is 279 g/mol. The highest BCUT2D eigenvalue weighted by molar-refractivity contribution is 5.33. The molecule has 1 nitrogen and oxygen atoms in total. The first-order valence-corrected chi connectivity index (χ1v) is 8.18. The van der Waals surface area contributed by atoms with Crippen molar-refractivity contribution in [3.05, 3.63) is 70.8 Å². The Bertz CT molecular complexity index is 560. The zero-order chi connectivity index (χ0) is 14.7. The first-order valence-electron chi connectivity index (χ1n) is 8.18. The molecule has 2 aromatic rings.